The number of nitrogens with one attached hydrogen (secondary N) is 1. The summed E-state index contributed by atoms with van der Waals surface area (Å²) in [5.41, 5.74) is 3.43. The van der Waals surface area contributed by atoms with Crippen LogP contribution in [-0.2, 0) is 0 Å². The van der Waals surface area contributed by atoms with Crippen LogP contribution in [-0.4, -0.2) is 33.9 Å². The van der Waals surface area contributed by atoms with Crippen molar-refractivity contribution in [2.75, 3.05) is 18.0 Å². The van der Waals surface area contributed by atoms with Crippen molar-refractivity contribution in [2.45, 2.75) is 25.8 Å². The number of carbonyl (C=O) groups excluding carboxylic acids is 1. The van der Waals surface area contributed by atoms with Crippen LogP contribution >= 0.6 is 0 Å². The Balaban J connectivity index is 1.46. The lowest BCUT2D eigenvalue weighted by Gasteiger charge is -2.15. The van der Waals surface area contributed by atoms with Gasteiger partial charge in [-0.1, -0.05) is 18.2 Å². The number of carbonyl (C=O) groups is 1. The number of nitrogens with zero attached hydrogens (tertiary/aromatic N) is 4. The second-order valence-corrected chi connectivity index (χ2v) is 6.99. The Labute approximate surface area is 164 Å². The van der Waals surface area contributed by atoms with Gasteiger partial charge in [-0.25, -0.2) is 9.97 Å². The number of hydrogen-bond donors (Lipinski definition) is 1. The summed E-state index contributed by atoms with van der Waals surface area (Å²) < 4.78 is 0. The third-order valence-electron chi connectivity index (χ3n) is 5.01. The summed E-state index contributed by atoms with van der Waals surface area (Å²) in [7, 11) is 0. The highest BCUT2D eigenvalue weighted by molar-refractivity contribution is 5.94. The molecule has 1 saturated heterocycles. The lowest BCUT2D eigenvalue weighted by molar-refractivity contribution is 0.0940. The number of rotatable bonds is 5. The predicted octanol–water partition coefficient (Wildman–Crippen LogP) is 3.63. The molecular formula is C22H23N5O. The first-order valence-electron chi connectivity index (χ1n) is 9.60. The molecule has 3 heterocycles. The summed E-state index contributed by atoms with van der Waals surface area (Å²) in [5.74, 6) is 0.672. The second kappa shape index (κ2) is 8.17. The molecule has 1 aliphatic rings. The first kappa shape index (κ1) is 18.1. The van der Waals surface area contributed by atoms with Crippen LogP contribution in [0.4, 0.5) is 5.95 Å². The molecule has 1 fully saturated rings. The van der Waals surface area contributed by atoms with Gasteiger partial charge < -0.3 is 10.2 Å². The molecule has 0 bridgehead atoms. The number of pyridine rings is 1. The Morgan fingerprint density at radius 3 is 2.57 bits per heavy atom. The molecular weight excluding hydrogens is 350 g/mol. The summed E-state index contributed by atoms with van der Waals surface area (Å²) in [6.07, 6.45) is 7.66. The van der Waals surface area contributed by atoms with E-state index in [9.17, 15) is 4.79 Å². The fraction of sp³-hybridized carbons (Fsp3) is 0.273. The quantitative estimate of drug-likeness (QED) is 0.739. The normalized spacial score (nSPS) is 14.7. The van der Waals surface area contributed by atoms with Crippen LogP contribution in [0.2, 0.25) is 0 Å². The highest BCUT2D eigenvalue weighted by Crippen LogP contribution is 2.22. The highest BCUT2D eigenvalue weighted by Gasteiger charge is 2.16. The molecule has 1 aliphatic heterocycles. The minimum atomic E-state index is -0.108. The van der Waals surface area contributed by atoms with Crippen LogP contribution in [0.1, 0.15) is 41.7 Å². The second-order valence-electron chi connectivity index (χ2n) is 6.99. The largest absolute Gasteiger partial charge is 0.345 e. The van der Waals surface area contributed by atoms with Crippen molar-refractivity contribution in [3.8, 4) is 11.3 Å². The molecule has 142 valence electrons. The minimum Gasteiger partial charge on any atom is -0.345 e. The molecule has 0 aliphatic carbocycles. The van der Waals surface area contributed by atoms with E-state index in [1.165, 1.54) is 12.8 Å². The van der Waals surface area contributed by atoms with E-state index >= 15 is 0 Å². The Morgan fingerprint density at radius 2 is 1.86 bits per heavy atom. The molecule has 0 spiro atoms. The molecule has 0 unspecified atom stereocenters. The van der Waals surface area contributed by atoms with Crippen molar-refractivity contribution in [3.63, 3.8) is 0 Å². The Hall–Kier alpha value is -3.28. The molecule has 3 aromatic rings. The van der Waals surface area contributed by atoms with Crippen LogP contribution in [0, 0.1) is 0 Å². The maximum absolute atomic E-state index is 12.5. The molecule has 1 amide bonds. The van der Waals surface area contributed by atoms with Crippen molar-refractivity contribution >= 4 is 11.9 Å². The molecule has 1 atom stereocenters. The van der Waals surface area contributed by atoms with Crippen LogP contribution < -0.4 is 10.2 Å². The monoisotopic (exact) mass is 373 g/mol. The summed E-state index contributed by atoms with van der Waals surface area (Å²) in [5, 5.41) is 3.01. The van der Waals surface area contributed by atoms with Crippen molar-refractivity contribution in [1.29, 1.82) is 0 Å². The van der Waals surface area contributed by atoms with Crippen LogP contribution in [0.15, 0.2) is 61.1 Å². The molecule has 2 aromatic heterocycles. The minimum absolute atomic E-state index is 0.106. The SMILES string of the molecule is C[C@@H](NC(=O)c1ccc(-c2ccnc(N3CCCC3)n2)cc1)c1cccnc1. The molecule has 6 nitrogen and oxygen atoms in total. The Kier molecular flexibility index (Phi) is 5.28. The molecule has 28 heavy (non-hydrogen) atoms. The van der Waals surface area contributed by atoms with Crippen molar-refractivity contribution in [2.24, 2.45) is 0 Å². The third-order valence-corrected chi connectivity index (χ3v) is 5.01. The maximum Gasteiger partial charge on any atom is 0.251 e. The van der Waals surface area contributed by atoms with Crippen molar-refractivity contribution in [3.05, 3.63) is 72.2 Å². The van der Waals surface area contributed by atoms with Gasteiger partial charge in [0.2, 0.25) is 5.95 Å². The van der Waals surface area contributed by atoms with Gasteiger partial charge in [0.15, 0.2) is 0 Å². The lowest BCUT2D eigenvalue weighted by Crippen LogP contribution is -2.26. The summed E-state index contributed by atoms with van der Waals surface area (Å²) in [4.78, 5) is 27.9. The van der Waals surface area contributed by atoms with Gasteiger partial charge in [0.25, 0.3) is 5.91 Å². The smallest absolute Gasteiger partial charge is 0.251 e. The highest BCUT2D eigenvalue weighted by atomic mass is 16.1. The Morgan fingerprint density at radius 1 is 1.07 bits per heavy atom. The van der Waals surface area contributed by atoms with Gasteiger partial charge in [0.05, 0.1) is 11.7 Å². The van der Waals surface area contributed by atoms with Crippen LogP contribution in [0.3, 0.4) is 0 Å². The number of hydrogen-bond acceptors (Lipinski definition) is 5. The number of anilines is 1. The zero-order chi connectivity index (χ0) is 19.3. The number of aromatic nitrogens is 3. The van der Waals surface area contributed by atoms with E-state index in [0.29, 0.717) is 5.56 Å². The topological polar surface area (TPSA) is 71.0 Å². The van der Waals surface area contributed by atoms with Gasteiger partial charge >= 0.3 is 0 Å². The first-order chi connectivity index (χ1) is 13.7. The Bertz CT molecular complexity index is 937. The van der Waals surface area contributed by atoms with Gasteiger partial charge in [-0.05, 0) is 49.6 Å². The van der Waals surface area contributed by atoms with Crippen LogP contribution in [0.25, 0.3) is 11.3 Å². The van der Waals surface area contributed by atoms with E-state index in [1.807, 2.05) is 49.4 Å². The van der Waals surface area contributed by atoms with Gasteiger partial charge in [-0.15, -0.1) is 0 Å². The summed E-state index contributed by atoms with van der Waals surface area (Å²) >= 11 is 0. The molecule has 1 N–H and O–H groups in total. The van der Waals surface area contributed by atoms with Gasteiger partial charge in [-0.3, -0.25) is 9.78 Å². The van der Waals surface area contributed by atoms with E-state index in [0.717, 1.165) is 35.9 Å². The third kappa shape index (κ3) is 4.01. The molecule has 0 saturated carbocycles. The zero-order valence-electron chi connectivity index (χ0n) is 15.9. The average molecular weight is 373 g/mol. The van der Waals surface area contributed by atoms with E-state index < -0.39 is 0 Å². The van der Waals surface area contributed by atoms with Gasteiger partial charge in [-0.2, -0.15) is 0 Å². The maximum atomic E-state index is 12.5. The molecule has 1 aromatic carbocycles. The van der Waals surface area contributed by atoms with E-state index in [4.69, 9.17) is 4.98 Å². The lowest BCUT2D eigenvalue weighted by atomic mass is 10.1. The van der Waals surface area contributed by atoms with E-state index in [-0.39, 0.29) is 11.9 Å². The number of amides is 1. The first-order valence-corrected chi connectivity index (χ1v) is 9.60. The fourth-order valence-electron chi connectivity index (χ4n) is 3.37. The standard InChI is InChI=1S/C22H23N5O/c1-16(19-5-4-11-23-15-19)25-21(28)18-8-6-17(7-9-18)20-10-12-24-22(26-20)27-13-2-3-14-27/h4-12,15-16H,2-3,13-14H2,1H3,(H,25,28)/t16-/m1/s1. The van der Waals surface area contributed by atoms with Crippen molar-refractivity contribution < 1.29 is 4.79 Å². The number of benzene rings is 1. The zero-order valence-corrected chi connectivity index (χ0v) is 15.9. The molecule has 0 radical (unpaired) electrons. The summed E-state index contributed by atoms with van der Waals surface area (Å²) in [6.45, 7) is 3.97. The van der Waals surface area contributed by atoms with Gasteiger partial charge in [0.1, 0.15) is 0 Å². The molecule has 6 heteroatoms. The van der Waals surface area contributed by atoms with E-state index in [1.54, 1.807) is 18.6 Å². The summed E-state index contributed by atoms with van der Waals surface area (Å²) in [6, 6.07) is 13.1. The predicted molar refractivity (Wildman–Crippen MR) is 109 cm³/mol. The van der Waals surface area contributed by atoms with Gasteiger partial charge in [0, 0.05) is 42.8 Å². The van der Waals surface area contributed by atoms with E-state index in [2.05, 4.69) is 20.2 Å². The fourth-order valence-corrected chi connectivity index (χ4v) is 3.37. The molecule has 4 rings (SSSR count). The van der Waals surface area contributed by atoms with Crippen molar-refractivity contribution in [1.82, 2.24) is 20.3 Å². The van der Waals surface area contributed by atoms with Crippen LogP contribution in [0.5, 0.6) is 0 Å². The average Bonchev–Trinajstić information content (AvgIpc) is 3.29.